The molecule has 0 aromatic heterocycles. The minimum atomic E-state index is -1.93. The lowest BCUT2D eigenvalue weighted by atomic mass is 9.86. The highest BCUT2D eigenvalue weighted by atomic mass is 127. The first-order valence-corrected chi connectivity index (χ1v) is 11.0. The lowest BCUT2D eigenvalue weighted by Crippen LogP contribution is -2.50. The van der Waals surface area contributed by atoms with Crippen LogP contribution in [0.5, 0.6) is 0 Å². The average Bonchev–Trinajstić information content (AvgIpc) is 2.43. The molecule has 1 unspecified atom stereocenters. The summed E-state index contributed by atoms with van der Waals surface area (Å²) in [4.78, 5) is 11.6. The van der Waals surface area contributed by atoms with E-state index in [9.17, 15) is 9.90 Å². The van der Waals surface area contributed by atoms with Gasteiger partial charge in [0.2, 0.25) is 0 Å². The molecule has 0 bridgehead atoms. The summed E-state index contributed by atoms with van der Waals surface area (Å²) in [5, 5.41) is 9.53. The van der Waals surface area contributed by atoms with Crippen molar-refractivity contribution in [2.45, 2.75) is 64.8 Å². The Kier molecular flexibility index (Phi) is 8.28. The van der Waals surface area contributed by atoms with E-state index in [0.717, 1.165) is 23.7 Å². The van der Waals surface area contributed by atoms with Gasteiger partial charge in [-0.2, -0.15) is 0 Å². The number of rotatable bonds is 9. The second kappa shape index (κ2) is 8.34. The van der Waals surface area contributed by atoms with Crippen molar-refractivity contribution >= 4 is 36.9 Å². The molecule has 0 heterocycles. The van der Waals surface area contributed by atoms with E-state index in [-0.39, 0.29) is 0 Å². The lowest BCUT2D eigenvalue weighted by molar-refractivity contribution is -0.134. The minimum Gasteiger partial charge on any atom is -0.478 e. The summed E-state index contributed by atoms with van der Waals surface area (Å²) in [5.74, 6) is -0.921. The van der Waals surface area contributed by atoms with E-state index in [2.05, 4.69) is 27.4 Å². The van der Waals surface area contributed by atoms with Crippen molar-refractivity contribution < 1.29 is 14.3 Å². The van der Waals surface area contributed by atoms with Gasteiger partial charge in [-0.15, -0.1) is 0 Å². The highest BCUT2D eigenvalue weighted by Gasteiger charge is 2.45. The van der Waals surface area contributed by atoms with E-state index >= 15 is 0 Å². The van der Waals surface area contributed by atoms with Crippen molar-refractivity contribution in [2.24, 2.45) is 0 Å². The Bertz CT molecular complexity index is 380. The van der Waals surface area contributed by atoms with Gasteiger partial charge in [0.05, 0.1) is 5.57 Å². The van der Waals surface area contributed by atoms with Crippen LogP contribution in [-0.2, 0) is 9.22 Å². The number of carbonyl (C=O) groups is 1. The van der Waals surface area contributed by atoms with Crippen molar-refractivity contribution in [3.63, 3.8) is 0 Å². The van der Waals surface area contributed by atoms with Crippen LogP contribution in [0.25, 0.3) is 0 Å². The Balaban J connectivity index is 5.92. The molecule has 1 N–H and O–H groups in total. The minimum absolute atomic E-state index is 0.306. The Labute approximate surface area is 137 Å². The van der Waals surface area contributed by atoms with Crippen LogP contribution in [-0.4, -0.2) is 25.0 Å². The second-order valence-electron chi connectivity index (χ2n) is 5.13. The highest BCUT2D eigenvalue weighted by molar-refractivity contribution is 14.1. The predicted molar refractivity (Wildman–Crippen MR) is 95.9 cm³/mol. The normalized spacial score (nSPS) is 15.8. The molecule has 0 aliphatic carbocycles. The van der Waals surface area contributed by atoms with E-state index in [4.69, 9.17) is 4.43 Å². The fraction of sp³-hybridized carbons (Fsp3) is 0.667. The summed E-state index contributed by atoms with van der Waals surface area (Å²) in [6.45, 7) is 14.3. The Morgan fingerprint density at radius 2 is 1.75 bits per heavy atom. The van der Waals surface area contributed by atoms with Crippen molar-refractivity contribution in [3.8, 4) is 0 Å². The number of halogens is 1. The van der Waals surface area contributed by atoms with Crippen LogP contribution in [0.3, 0.4) is 0 Å². The largest absolute Gasteiger partial charge is 0.478 e. The third-order valence-corrected chi connectivity index (χ3v) is 9.56. The summed E-state index contributed by atoms with van der Waals surface area (Å²) in [7, 11) is -1.93. The van der Waals surface area contributed by atoms with Gasteiger partial charge < -0.3 is 9.53 Å². The molecule has 0 rings (SSSR count). The summed E-state index contributed by atoms with van der Waals surface area (Å²) in [6.07, 6.45) is 0.595. The summed E-state index contributed by atoms with van der Waals surface area (Å²) >= 11 is 1.99. The smallest absolute Gasteiger partial charge is 0.335 e. The molecule has 116 valence electrons. The molecule has 0 aromatic carbocycles. The monoisotopic (exact) mass is 410 g/mol. The summed E-state index contributed by atoms with van der Waals surface area (Å²) < 4.78 is 8.21. The van der Waals surface area contributed by atoms with Crippen molar-refractivity contribution in [1.82, 2.24) is 0 Å². The van der Waals surface area contributed by atoms with Gasteiger partial charge in [0.25, 0.3) is 0 Å². The zero-order valence-electron chi connectivity index (χ0n) is 13.3. The summed E-state index contributed by atoms with van der Waals surface area (Å²) in [5.41, 5.74) is 0.222. The Morgan fingerprint density at radius 1 is 1.30 bits per heavy atom. The van der Waals surface area contributed by atoms with Crippen LogP contribution < -0.4 is 0 Å². The average molecular weight is 410 g/mol. The molecule has 0 fully saturated rings. The first-order valence-electron chi connectivity index (χ1n) is 7.19. The maximum absolute atomic E-state index is 11.6. The zero-order valence-corrected chi connectivity index (χ0v) is 16.4. The molecule has 3 nitrogen and oxygen atoms in total. The number of hydrogen-bond acceptors (Lipinski definition) is 2. The standard InChI is InChI=1S/C15H27IO3Si/c1-7-15(12(5)6,13(11-16)14(17)18)19-20(8-2,9-3)10-4/h11H,5,7-10H2,1-4,6H3,(H,17,18). The van der Waals surface area contributed by atoms with Gasteiger partial charge >= 0.3 is 5.97 Å². The number of carboxylic acid groups (broad SMARTS) is 1. The van der Waals surface area contributed by atoms with E-state index in [1.807, 2.05) is 36.4 Å². The van der Waals surface area contributed by atoms with Gasteiger partial charge in [0.15, 0.2) is 8.32 Å². The van der Waals surface area contributed by atoms with E-state index in [1.54, 1.807) is 4.08 Å². The number of hydrogen-bond donors (Lipinski definition) is 1. The van der Waals surface area contributed by atoms with Crippen LogP contribution in [0.1, 0.15) is 41.0 Å². The lowest BCUT2D eigenvalue weighted by Gasteiger charge is -2.43. The SMILES string of the molecule is C=C(C)C(CC)(O[Si](CC)(CC)CC)C(=CI)C(=O)O. The fourth-order valence-electron chi connectivity index (χ4n) is 2.58. The third-order valence-electron chi connectivity index (χ3n) is 4.29. The van der Waals surface area contributed by atoms with Crippen LogP contribution in [0.4, 0.5) is 0 Å². The second-order valence-corrected chi connectivity index (χ2v) is 10.4. The molecular weight excluding hydrogens is 383 g/mol. The van der Waals surface area contributed by atoms with Gasteiger partial charge in [-0.05, 0) is 41.1 Å². The molecular formula is C15H27IO3Si. The van der Waals surface area contributed by atoms with E-state index in [1.165, 1.54) is 0 Å². The first-order chi connectivity index (χ1) is 9.29. The quantitative estimate of drug-likeness (QED) is 0.248. The van der Waals surface area contributed by atoms with Gasteiger partial charge in [-0.3, -0.25) is 0 Å². The highest BCUT2D eigenvalue weighted by Crippen LogP contribution is 2.39. The molecule has 20 heavy (non-hydrogen) atoms. The van der Waals surface area contributed by atoms with Gasteiger partial charge in [-0.25, -0.2) is 4.79 Å². The van der Waals surface area contributed by atoms with Crippen molar-refractivity contribution in [2.75, 3.05) is 0 Å². The molecule has 1 atom stereocenters. The van der Waals surface area contributed by atoms with Crippen molar-refractivity contribution in [3.05, 3.63) is 21.8 Å². The topological polar surface area (TPSA) is 46.5 Å². The maximum atomic E-state index is 11.6. The third kappa shape index (κ3) is 3.95. The van der Waals surface area contributed by atoms with E-state index in [0.29, 0.717) is 12.0 Å². The van der Waals surface area contributed by atoms with Crippen LogP contribution >= 0.6 is 22.6 Å². The Morgan fingerprint density at radius 3 is 1.95 bits per heavy atom. The summed E-state index contributed by atoms with van der Waals surface area (Å²) in [6, 6.07) is 2.97. The molecule has 0 aliphatic heterocycles. The molecule has 0 spiro atoms. The predicted octanol–water partition coefficient (Wildman–Crippen LogP) is 5.14. The van der Waals surface area contributed by atoms with E-state index < -0.39 is 19.9 Å². The molecule has 0 aromatic rings. The Hall–Kier alpha value is -0.143. The zero-order chi connectivity index (χ0) is 16.0. The molecule has 0 amide bonds. The van der Waals surface area contributed by atoms with Crippen molar-refractivity contribution in [1.29, 1.82) is 0 Å². The van der Waals surface area contributed by atoms with Crippen LogP contribution in [0.2, 0.25) is 18.1 Å². The molecule has 0 aliphatic rings. The molecule has 0 saturated heterocycles. The van der Waals surface area contributed by atoms with Gasteiger partial charge in [0, 0.05) is 0 Å². The van der Waals surface area contributed by atoms with Crippen LogP contribution in [0, 0.1) is 0 Å². The molecule has 0 saturated carbocycles. The maximum Gasteiger partial charge on any atom is 0.335 e. The van der Waals surface area contributed by atoms with Gasteiger partial charge in [0.1, 0.15) is 5.60 Å². The number of carboxylic acids is 1. The fourth-order valence-corrected chi connectivity index (χ4v) is 6.45. The first kappa shape index (κ1) is 19.9. The number of aliphatic carboxylic acids is 1. The molecule has 0 radical (unpaired) electrons. The molecule has 5 heteroatoms. The van der Waals surface area contributed by atoms with Gasteiger partial charge in [-0.1, -0.05) is 56.9 Å². The van der Waals surface area contributed by atoms with Crippen LogP contribution in [0.15, 0.2) is 21.8 Å².